The monoisotopic (exact) mass is 343 g/mol. The van der Waals surface area contributed by atoms with Crippen LogP contribution in [0.4, 0.5) is 0 Å². The van der Waals surface area contributed by atoms with E-state index >= 15 is 0 Å². The molecule has 0 saturated carbocycles. The molecule has 2 aliphatic heterocycles. The molecule has 0 unspecified atom stereocenters. The van der Waals surface area contributed by atoms with E-state index in [4.69, 9.17) is 14.0 Å². The Morgan fingerprint density at radius 3 is 3.12 bits per heavy atom. The van der Waals surface area contributed by atoms with Crippen molar-refractivity contribution in [3.8, 4) is 5.75 Å². The van der Waals surface area contributed by atoms with Crippen LogP contribution in [-0.2, 0) is 17.6 Å². The number of fused-ring (bicyclic) bond motifs is 1. The molecule has 1 amide bonds. The van der Waals surface area contributed by atoms with Gasteiger partial charge in [-0.05, 0) is 49.4 Å². The molecule has 1 N–H and O–H groups in total. The Bertz CT molecular complexity index is 753. The van der Waals surface area contributed by atoms with E-state index in [1.165, 1.54) is 0 Å². The number of carbonyl (C=O) groups is 1. The second-order valence-electron chi connectivity index (χ2n) is 6.33. The number of hydrogen-bond donors (Lipinski definition) is 1. The summed E-state index contributed by atoms with van der Waals surface area (Å²) in [7, 11) is 0. The van der Waals surface area contributed by atoms with Crippen LogP contribution in [0.3, 0.4) is 0 Å². The maximum Gasteiger partial charge on any atom is 0.255 e. The Balaban J connectivity index is 1.30. The van der Waals surface area contributed by atoms with Gasteiger partial charge in [-0.25, -0.2) is 0 Å². The van der Waals surface area contributed by atoms with Crippen LogP contribution in [-0.4, -0.2) is 35.8 Å². The van der Waals surface area contributed by atoms with E-state index in [9.17, 15) is 4.79 Å². The number of hydrogen-bond acceptors (Lipinski definition) is 6. The van der Waals surface area contributed by atoms with E-state index in [1.54, 1.807) is 6.07 Å². The first-order valence-corrected chi connectivity index (χ1v) is 8.77. The summed E-state index contributed by atoms with van der Waals surface area (Å²) in [5, 5.41) is 6.85. The van der Waals surface area contributed by atoms with Crippen molar-refractivity contribution < 1.29 is 18.8 Å². The fourth-order valence-electron chi connectivity index (χ4n) is 3.16. The van der Waals surface area contributed by atoms with Crippen LogP contribution in [0.2, 0.25) is 0 Å². The van der Waals surface area contributed by atoms with Crippen molar-refractivity contribution in [2.75, 3.05) is 19.8 Å². The lowest BCUT2D eigenvalue weighted by atomic mass is 10.0. The van der Waals surface area contributed by atoms with Crippen LogP contribution < -0.4 is 10.1 Å². The van der Waals surface area contributed by atoms with E-state index in [2.05, 4.69) is 15.5 Å². The summed E-state index contributed by atoms with van der Waals surface area (Å²) >= 11 is 0. The molecule has 1 fully saturated rings. The van der Waals surface area contributed by atoms with Crippen LogP contribution in [0.1, 0.15) is 53.0 Å². The molecule has 7 heteroatoms. The molecule has 132 valence electrons. The Labute approximate surface area is 145 Å². The minimum Gasteiger partial charge on any atom is -0.493 e. The quantitative estimate of drug-likeness (QED) is 0.896. The first kappa shape index (κ1) is 16.1. The van der Waals surface area contributed by atoms with Crippen LogP contribution in [0.15, 0.2) is 22.7 Å². The van der Waals surface area contributed by atoms with E-state index in [0.717, 1.165) is 50.2 Å². The number of nitrogens with zero attached hydrogens (tertiary/aromatic N) is 2. The molecule has 0 radical (unpaired) electrons. The number of benzene rings is 1. The van der Waals surface area contributed by atoms with Gasteiger partial charge in [-0.1, -0.05) is 5.16 Å². The minimum atomic E-state index is -0.101. The van der Waals surface area contributed by atoms with Crippen molar-refractivity contribution in [1.29, 1.82) is 0 Å². The van der Waals surface area contributed by atoms with Crippen molar-refractivity contribution in [3.05, 3.63) is 41.0 Å². The Kier molecular flexibility index (Phi) is 4.65. The molecular weight excluding hydrogens is 322 g/mol. The normalized spacial score (nSPS) is 19.3. The first-order valence-electron chi connectivity index (χ1n) is 8.77. The van der Waals surface area contributed by atoms with Crippen molar-refractivity contribution >= 4 is 5.91 Å². The number of aromatic nitrogens is 2. The average molecular weight is 343 g/mol. The molecule has 0 spiro atoms. The molecule has 1 aromatic carbocycles. The second-order valence-corrected chi connectivity index (χ2v) is 6.33. The maximum absolute atomic E-state index is 12.3. The number of rotatable bonds is 5. The van der Waals surface area contributed by atoms with Crippen molar-refractivity contribution in [3.63, 3.8) is 0 Å². The number of aryl methyl sites for hydroxylation is 1. The molecule has 2 aromatic rings. The lowest BCUT2D eigenvalue weighted by Crippen LogP contribution is -2.26. The predicted molar refractivity (Wildman–Crippen MR) is 88.5 cm³/mol. The number of nitrogens with one attached hydrogen (secondary N) is 1. The molecular formula is C18H21N3O4. The lowest BCUT2D eigenvalue weighted by molar-refractivity contribution is 0.0835. The van der Waals surface area contributed by atoms with Gasteiger partial charge in [0.15, 0.2) is 5.82 Å². The van der Waals surface area contributed by atoms with Gasteiger partial charge >= 0.3 is 0 Å². The van der Waals surface area contributed by atoms with Gasteiger partial charge in [0, 0.05) is 25.1 Å². The Morgan fingerprint density at radius 1 is 1.28 bits per heavy atom. The maximum atomic E-state index is 12.3. The second kappa shape index (κ2) is 7.23. The summed E-state index contributed by atoms with van der Waals surface area (Å²) in [5.41, 5.74) is 1.75. The van der Waals surface area contributed by atoms with Gasteiger partial charge in [-0.2, -0.15) is 4.98 Å². The SMILES string of the molecule is O=C(NCCc1noc([C@H]2CCCO2)n1)c1ccc2c(c1)CCCO2. The summed E-state index contributed by atoms with van der Waals surface area (Å²) in [6.07, 6.45) is 4.32. The van der Waals surface area contributed by atoms with Gasteiger partial charge in [0.1, 0.15) is 11.9 Å². The zero-order chi connectivity index (χ0) is 17.1. The number of ether oxygens (including phenoxy) is 2. The third-order valence-corrected chi connectivity index (χ3v) is 4.49. The highest BCUT2D eigenvalue weighted by Crippen LogP contribution is 2.27. The van der Waals surface area contributed by atoms with Gasteiger partial charge in [-0.15, -0.1) is 0 Å². The third-order valence-electron chi connectivity index (χ3n) is 4.49. The molecule has 1 aromatic heterocycles. The zero-order valence-electron chi connectivity index (χ0n) is 14.0. The molecule has 3 heterocycles. The molecule has 25 heavy (non-hydrogen) atoms. The van der Waals surface area contributed by atoms with E-state index in [1.807, 2.05) is 12.1 Å². The molecule has 2 aliphatic rings. The van der Waals surface area contributed by atoms with E-state index in [0.29, 0.717) is 30.2 Å². The smallest absolute Gasteiger partial charge is 0.255 e. The van der Waals surface area contributed by atoms with E-state index in [-0.39, 0.29) is 12.0 Å². The fraction of sp³-hybridized carbons (Fsp3) is 0.500. The molecule has 0 bridgehead atoms. The highest BCUT2D eigenvalue weighted by molar-refractivity contribution is 5.94. The van der Waals surface area contributed by atoms with Gasteiger partial charge < -0.3 is 19.3 Å². The largest absolute Gasteiger partial charge is 0.493 e. The van der Waals surface area contributed by atoms with Crippen LogP contribution in [0.25, 0.3) is 0 Å². The van der Waals surface area contributed by atoms with Crippen molar-refractivity contribution in [2.24, 2.45) is 0 Å². The summed E-state index contributed by atoms with van der Waals surface area (Å²) < 4.78 is 16.3. The van der Waals surface area contributed by atoms with Gasteiger partial charge in [0.2, 0.25) is 0 Å². The van der Waals surface area contributed by atoms with Gasteiger partial charge in [0.25, 0.3) is 11.8 Å². The van der Waals surface area contributed by atoms with Crippen LogP contribution >= 0.6 is 0 Å². The lowest BCUT2D eigenvalue weighted by Gasteiger charge is -2.17. The molecule has 7 nitrogen and oxygen atoms in total. The number of carbonyl (C=O) groups excluding carboxylic acids is 1. The number of amides is 1. The van der Waals surface area contributed by atoms with Crippen LogP contribution in [0, 0.1) is 0 Å². The van der Waals surface area contributed by atoms with Gasteiger partial charge in [0.05, 0.1) is 6.61 Å². The van der Waals surface area contributed by atoms with Crippen molar-refractivity contribution in [2.45, 2.75) is 38.2 Å². The molecule has 1 saturated heterocycles. The van der Waals surface area contributed by atoms with Gasteiger partial charge in [-0.3, -0.25) is 4.79 Å². The molecule has 0 aliphatic carbocycles. The topological polar surface area (TPSA) is 86.5 Å². The zero-order valence-corrected chi connectivity index (χ0v) is 14.0. The molecule has 4 rings (SSSR count). The van der Waals surface area contributed by atoms with Crippen LogP contribution in [0.5, 0.6) is 5.75 Å². The average Bonchev–Trinajstić information content (AvgIpc) is 3.32. The molecule has 1 atom stereocenters. The summed E-state index contributed by atoms with van der Waals surface area (Å²) in [4.78, 5) is 16.6. The Morgan fingerprint density at radius 2 is 2.24 bits per heavy atom. The first-order chi connectivity index (χ1) is 12.3. The summed E-state index contributed by atoms with van der Waals surface area (Å²) in [6, 6.07) is 5.58. The summed E-state index contributed by atoms with van der Waals surface area (Å²) in [5.74, 6) is 1.91. The fourth-order valence-corrected chi connectivity index (χ4v) is 3.16. The summed E-state index contributed by atoms with van der Waals surface area (Å²) in [6.45, 7) is 1.94. The predicted octanol–water partition coefficient (Wildman–Crippen LogP) is 2.22. The van der Waals surface area contributed by atoms with Crippen molar-refractivity contribution in [1.82, 2.24) is 15.5 Å². The highest BCUT2D eigenvalue weighted by Gasteiger charge is 2.23. The Hall–Kier alpha value is -2.41. The van der Waals surface area contributed by atoms with E-state index < -0.39 is 0 Å². The third kappa shape index (κ3) is 3.66. The standard InChI is InChI=1S/C18H21N3O4/c22-17(13-5-6-14-12(11-13)3-1-9-23-14)19-8-7-16-20-18(25-21-16)15-4-2-10-24-15/h5-6,11,15H,1-4,7-10H2,(H,19,22)/t15-/m1/s1. The minimum absolute atomic E-state index is 0.0754. The highest BCUT2D eigenvalue weighted by atomic mass is 16.5.